The van der Waals surface area contributed by atoms with E-state index in [1.54, 1.807) is 18.2 Å². The predicted octanol–water partition coefficient (Wildman–Crippen LogP) is 1.73. The van der Waals surface area contributed by atoms with E-state index >= 15 is 0 Å². The summed E-state index contributed by atoms with van der Waals surface area (Å²) in [4.78, 5) is 28.3. The van der Waals surface area contributed by atoms with Gasteiger partial charge in [0.1, 0.15) is 6.54 Å². The first-order valence-corrected chi connectivity index (χ1v) is 7.29. The molecule has 0 fully saturated rings. The minimum atomic E-state index is -0.315. The Hall–Kier alpha value is -2.83. The van der Waals surface area contributed by atoms with Gasteiger partial charge in [0.25, 0.3) is 5.56 Å². The summed E-state index contributed by atoms with van der Waals surface area (Å²) in [5, 5.41) is 2.72. The lowest BCUT2D eigenvalue weighted by atomic mass is 10.1. The van der Waals surface area contributed by atoms with Crippen LogP contribution in [-0.4, -0.2) is 22.3 Å². The highest BCUT2D eigenvalue weighted by Gasteiger charge is 2.14. The van der Waals surface area contributed by atoms with Crippen molar-refractivity contribution in [2.75, 3.05) is 12.1 Å². The number of fused-ring (bicyclic) bond motifs is 1. The van der Waals surface area contributed by atoms with Gasteiger partial charge in [0.05, 0.1) is 12.0 Å². The van der Waals surface area contributed by atoms with Crippen LogP contribution in [0.15, 0.2) is 35.4 Å². The van der Waals surface area contributed by atoms with Crippen LogP contribution in [0.3, 0.4) is 0 Å². The third-order valence-corrected chi connectivity index (χ3v) is 3.46. The van der Waals surface area contributed by atoms with Crippen LogP contribution >= 0.6 is 0 Å². The molecule has 3 rings (SSSR count). The largest absolute Gasteiger partial charge is 0.454 e. The molecule has 1 amide bonds. The van der Waals surface area contributed by atoms with E-state index in [0.29, 0.717) is 22.9 Å². The fourth-order valence-electron chi connectivity index (χ4n) is 2.20. The highest BCUT2D eigenvalue weighted by Crippen LogP contribution is 2.34. The summed E-state index contributed by atoms with van der Waals surface area (Å²) in [7, 11) is 0. The maximum Gasteiger partial charge on any atom is 0.254 e. The maximum atomic E-state index is 12.1. The van der Waals surface area contributed by atoms with Crippen LogP contribution in [0, 0.1) is 0 Å². The Kier molecular flexibility index (Phi) is 4.01. The van der Waals surface area contributed by atoms with Crippen molar-refractivity contribution in [2.24, 2.45) is 0 Å². The highest BCUT2D eigenvalue weighted by molar-refractivity contribution is 5.90. The monoisotopic (exact) mass is 315 g/mol. The number of anilines is 1. The summed E-state index contributed by atoms with van der Waals surface area (Å²) in [6, 6.07) is 6.58. The second-order valence-electron chi connectivity index (χ2n) is 5.55. The summed E-state index contributed by atoms with van der Waals surface area (Å²) >= 11 is 0. The van der Waals surface area contributed by atoms with Crippen molar-refractivity contribution in [2.45, 2.75) is 26.3 Å². The predicted molar refractivity (Wildman–Crippen MR) is 83.8 cm³/mol. The van der Waals surface area contributed by atoms with E-state index < -0.39 is 0 Å². The minimum Gasteiger partial charge on any atom is -0.454 e. The zero-order valence-corrected chi connectivity index (χ0v) is 12.9. The van der Waals surface area contributed by atoms with Crippen molar-refractivity contribution in [1.29, 1.82) is 0 Å². The molecule has 1 aliphatic rings. The molecule has 120 valence electrons. The molecule has 0 unspecified atom stereocenters. The molecule has 7 nitrogen and oxygen atoms in total. The Morgan fingerprint density at radius 2 is 2.09 bits per heavy atom. The number of carbonyl (C=O) groups excluding carboxylic acids is 1. The lowest BCUT2D eigenvalue weighted by molar-refractivity contribution is -0.116. The number of hydrogen-bond donors (Lipinski definition) is 1. The van der Waals surface area contributed by atoms with Crippen molar-refractivity contribution < 1.29 is 14.3 Å². The Labute approximate surface area is 132 Å². The lowest BCUT2D eigenvalue weighted by Crippen LogP contribution is -2.28. The second-order valence-corrected chi connectivity index (χ2v) is 5.55. The molecule has 1 aromatic carbocycles. The SMILES string of the molecule is CC(C)c1cc(=O)n(CC(=O)Nc2ccc3c(c2)OCO3)cn1. The number of aromatic nitrogens is 2. The molecule has 7 heteroatoms. The fourth-order valence-corrected chi connectivity index (χ4v) is 2.20. The number of carbonyl (C=O) groups is 1. The summed E-state index contributed by atoms with van der Waals surface area (Å²) in [5.74, 6) is 1.08. The number of rotatable bonds is 4. The van der Waals surface area contributed by atoms with E-state index in [9.17, 15) is 9.59 Å². The van der Waals surface area contributed by atoms with Crippen molar-refractivity contribution in [3.8, 4) is 11.5 Å². The smallest absolute Gasteiger partial charge is 0.254 e. The van der Waals surface area contributed by atoms with Crippen molar-refractivity contribution in [3.63, 3.8) is 0 Å². The van der Waals surface area contributed by atoms with E-state index in [0.717, 1.165) is 0 Å². The van der Waals surface area contributed by atoms with Gasteiger partial charge in [-0.25, -0.2) is 4.98 Å². The molecule has 0 bridgehead atoms. The molecular formula is C16H17N3O4. The molecule has 0 aliphatic carbocycles. The van der Waals surface area contributed by atoms with Gasteiger partial charge in [-0.1, -0.05) is 13.8 Å². The van der Waals surface area contributed by atoms with Crippen LogP contribution in [0.4, 0.5) is 5.69 Å². The molecule has 0 radical (unpaired) electrons. The number of hydrogen-bond acceptors (Lipinski definition) is 5. The number of ether oxygens (including phenoxy) is 2. The van der Waals surface area contributed by atoms with E-state index in [1.165, 1.54) is 17.0 Å². The molecule has 1 aliphatic heterocycles. The molecule has 2 aromatic rings. The Balaban J connectivity index is 1.69. The average Bonchev–Trinajstić information content (AvgIpc) is 2.96. The molecule has 0 atom stereocenters. The van der Waals surface area contributed by atoms with Gasteiger partial charge in [-0.05, 0) is 18.1 Å². The molecule has 1 N–H and O–H groups in total. The van der Waals surface area contributed by atoms with Gasteiger partial charge in [-0.3, -0.25) is 14.2 Å². The standard InChI is InChI=1S/C16H17N3O4/c1-10(2)12-6-16(21)19(8-17-12)7-15(20)18-11-3-4-13-14(5-11)23-9-22-13/h3-6,8,10H,7,9H2,1-2H3,(H,18,20). The van der Waals surface area contributed by atoms with Crippen LogP contribution in [0.2, 0.25) is 0 Å². The third-order valence-electron chi connectivity index (χ3n) is 3.46. The fraction of sp³-hybridized carbons (Fsp3) is 0.312. The maximum absolute atomic E-state index is 12.1. The molecule has 0 saturated heterocycles. The van der Waals surface area contributed by atoms with Crippen LogP contribution < -0.4 is 20.3 Å². The topological polar surface area (TPSA) is 82.5 Å². The van der Waals surface area contributed by atoms with Gasteiger partial charge < -0.3 is 14.8 Å². The molecule has 2 heterocycles. The number of nitrogens with one attached hydrogen (secondary N) is 1. The molecule has 0 saturated carbocycles. The van der Waals surface area contributed by atoms with Gasteiger partial charge in [-0.2, -0.15) is 0 Å². The van der Waals surface area contributed by atoms with Gasteiger partial charge in [0.15, 0.2) is 11.5 Å². The van der Waals surface area contributed by atoms with Gasteiger partial charge >= 0.3 is 0 Å². The van der Waals surface area contributed by atoms with Gasteiger partial charge in [-0.15, -0.1) is 0 Å². The number of benzene rings is 1. The van der Waals surface area contributed by atoms with Crippen LogP contribution in [0.1, 0.15) is 25.5 Å². The highest BCUT2D eigenvalue weighted by atomic mass is 16.7. The molecule has 0 spiro atoms. The summed E-state index contributed by atoms with van der Waals surface area (Å²) < 4.78 is 11.7. The number of amides is 1. The first-order valence-electron chi connectivity index (χ1n) is 7.29. The van der Waals surface area contributed by atoms with Gasteiger partial charge in [0, 0.05) is 17.8 Å². The van der Waals surface area contributed by atoms with Crippen LogP contribution in [0.5, 0.6) is 11.5 Å². The first kappa shape index (κ1) is 15.1. The molecule has 1 aromatic heterocycles. The second kappa shape index (κ2) is 6.12. The van der Waals surface area contributed by atoms with E-state index in [2.05, 4.69) is 10.3 Å². The Bertz CT molecular complexity index is 798. The minimum absolute atomic E-state index is 0.0986. The summed E-state index contributed by atoms with van der Waals surface area (Å²) in [6.45, 7) is 3.99. The molecule has 23 heavy (non-hydrogen) atoms. The van der Waals surface area contributed by atoms with Crippen molar-refractivity contribution in [1.82, 2.24) is 9.55 Å². The Morgan fingerprint density at radius 1 is 1.30 bits per heavy atom. The zero-order chi connectivity index (χ0) is 16.4. The summed E-state index contributed by atoms with van der Waals surface area (Å²) in [6.07, 6.45) is 1.40. The quantitative estimate of drug-likeness (QED) is 0.929. The normalized spacial score (nSPS) is 12.5. The third kappa shape index (κ3) is 3.33. The Morgan fingerprint density at radius 3 is 2.83 bits per heavy atom. The van der Waals surface area contributed by atoms with Gasteiger partial charge in [0.2, 0.25) is 12.7 Å². The average molecular weight is 315 g/mol. The van der Waals surface area contributed by atoms with Crippen LogP contribution in [-0.2, 0) is 11.3 Å². The van der Waals surface area contributed by atoms with Crippen molar-refractivity contribution >= 4 is 11.6 Å². The van der Waals surface area contributed by atoms with Crippen LogP contribution in [0.25, 0.3) is 0 Å². The zero-order valence-electron chi connectivity index (χ0n) is 12.9. The van der Waals surface area contributed by atoms with E-state index in [1.807, 2.05) is 13.8 Å². The number of nitrogens with zero attached hydrogens (tertiary/aromatic N) is 2. The van der Waals surface area contributed by atoms with Crippen molar-refractivity contribution in [3.05, 3.63) is 46.6 Å². The lowest BCUT2D eigenvalue weighted by Gasteiger charge is -2.09. The molecular weight excluding hydrogens is 298 g/mol. The van der Waals surface area contributed by atoms with E-state index in [-0.39, 0.29) is 30.7 Å². The first-order chi connectivity index (χ1) is 11.0. The summed E-state index contributed by atoms with van der Waals surface area (Å²) in [5.41, 5.74) is 1.05. The van der Waals surface area contributed by atoms with E-state index in [4.69, 9.17) is 9.47 Å².